The van der Waals surface area contributed by atoms with E-state index in [1.807, 2.05) is 24.3 Å². The standard InChI is InChI=1S/C27H33ClFN4O7PS/c1-17(15-40-41(36,37)38)12-27(2,33(3)25(34)31-14-20-9-6-10-21(29)24(20)28)22(42)16-39-26(35)32-23-11-18-7-4-5-8-19(18)13-30-23/h4-11,13,17,22,42H,12,14-16H2,1-3H3,(H,31,34)(H,30,32,35)(H2,36,37,38)/t17?,22?,27-/m1/s1. The van der Waals surface area contributed by atoms with Crippen LogP contribution in [-0.4, -0.2) is 62.8 Å². The molecular weight excluding hydrogens is 610 g/mol. The first-order valence-corrected chi connectivity index (χ1v) is 15.2. The second kappa shape index (κ2) is 14.5. The van der Waals surface area contributed by atoms with E-state index in [4.69, 9.17) is 26.1 Å². The molecule has 3 atom stereocenters. The normalized spacial score (nSPS) is 14.5. The summed E-state index contributed by atoms with van der Waals surface area (Å²) >= 11 is 10.7. The van der Waals surface area contributed by atoms with Crippen LogP contribution >= 0.6 is 32.1 Å². The van der Waals surface area contributed by atoms with Crippen molar-refractivity contribution in [3.63, 3.8) is 0 Å². The Bertz CT molecular complexity index is 1470. The maximum Gasteiger partial charge on any atom is 0.469 e. The number of ether oxygens (including phenoxy) is 1. The highest BCUT2D eigenvalue weighted by molar-refractivity contribution is 7.81. The number of amides is 3. The van der Waals surface area contributed by atoms with Crippen molar-refractivity contribution in [2.75, 3.05) is 25.6 Å². The Hall–Kier alpha value is -2.93. The van der Waals surface area contributed by atoms with Gasteiger partial charge in [0.2, 0.25) is 0 Å². The lowest BCUT2D eigenvalue weighted by Gasteiger charge is -2.44. The minimum atomic E-state index is -4.72. The van der Waals surface area contributed by atoms with Gasteiger partial charge in [-0.15, -0.1) is 0 Å². The van der Waals surface area contributed by atoms with E-state index in [0.29, 0.717) is 5.56 Å². The van der Waals surface area contributed by atoms with Gasteiger partial charge in [-0.3, -0.25) is 9.84 Å². The Kier molecular flexibility index (Phi) is 11.6. The zero-order valence-electron chi connectivity index (χ0n) is 23.2. The number of hydrogen-bond acceptors (Lipinski definition) is 7. The molecule has 228 valence electrons. The topological polar surface area (TPSA) is 150 Å². The number of benzene rings is 2. The second-order valence-electron chi connectivity index (χ2n) is 10.0. The molecular formula is C27H33ClFN4O7PS. The second-order valence-corrected chi connectivity index (χ2v) is 12.3. The molecule has 11 nitrogen and oxygen atoms in total. The third kappa shape index (κ3) is 9.29. The van der Waals surface area contributed by atoms with Crippen LogP contribution in [0.5, 0.6) is 0 Å². The van der Waals surface area contributed by atoms with Crippen molar-refractivity contribution in [3.05, 3.63) is 71.1 Å². The molecule has 1 aromatic heterocycles. The van der Waals surface area contributed by atoms with Gasteiger partial charge in [0.1, 0.15) is 18.2 Å². The summed E-state index contributed by atoms with van der Waals surface area (Å²) in [4.78, 5) is 49.6. The van der Waals surface area contributed by atoms with Gasteiger partial charge in [-0.1, -0.05) is 54.9 Å². The van der Waals surface area contributed by atoms with Crippen LogP contribution in [0.2, 0.25) is 5.02 Å². The highest BCUT2D eigenvalue weighted by atomic mass is 35.5. The van der Waals surface area contributed by atoms with Crippen molar-refractivity contribution < 1.29 is 37.6 Å². The number of nitrogens with one attached hydrogen (secondary N) is 2. The molecule has 0 saturated heterocycles. The van der Waals surface area contributed by atoms with Crippen LogP contribution in [0.25, 0.3) is 10.8 Å². The monoisotopic (exact) mass is 642 g/mol. The first-order chi connectivity index (χ1) is 19.7. The van der Waals surface area contributed by atoms with E-state index in [9.17, 15) is 18.5 Å². The molecule has 2 unspecified atom stereocenters. The van der Waals surface area contributed by atoms with Crippen LogP contribution in [0.3, 0.4) is 0 Å². The van der Waals surface area contributed by atoms with Crippen molar-refractivity contribution in [2.45, 2.75) is 37.6 Å². The summed E-state index contributed by atoms with van der Waals surface area (Å²) in [5.41, 5.74) is -0.758. The number of aromatic nitrogens is 1. The summed E-state index contributed by atoms with van der Waals surface area (Å²) in [7, 11) is -3.22. The molecule has 1 heterocycles. The van der Waals surface area contributed by atoms with Gasteiger partial charge in [0.05, 0.1) is 22.4 Å². The Balaban J connectivity index is 1.70. The van der Waals surface area contributed by atoms with E-state index in [1.165, 1.54) is 24.1 Å². The largest absolute Gasteiger partial charge is 0.469 e. The molecule has 4 N–H and O–H groups in total. The third-order valence-electron chi connectivity index (χ3n) is 6.77. The molecule has 15 heteroatoms. The third-order valence-corrected chi connectivity index (χ3v) is 8.39. The van der Waals surface area contributed by atoms with E-state index in [1.54, 1.807) is 32.2 Å². The molecule has 0 bridgehead atoms. The summed E-state index contributed by atoms with van der Waals surface area (Å²) in [6.45, 7) is 2.77. The summed E-state index contributed by atoms with van der Waals surface area (Å²) in [6.07, 6.45) is 0.989. The maximum atomic E-state index is 13.8. The lowest BCUT2D eigenvalue weighted by atomic mass is 9.85. The molecule has 2 aromatic carbocycles. The van der Waals surface area contributed by atoms with Crippen LogP contribution in [0.15, 0.2) is 54.7 Å². The van der Waals surface area contributed by atoms with Crippen molar-refractivity contribution in [2.24, 2.45) is 5.92 Å². The predicted molar refractivity (Wildman–Crippen MR) is 161 cm³/mol. The number of phosphoric ester groups is 1. The smallest absolute Gasteiger partial charge is 0.448 e. The minimum absolute atomic E-state index is 0.0678. The molecule has 42 heavy (non-hydrogen) atoms. The Morgan fingerprint density at radius 3 is 2.57 bits per heavy atom. The van der Waals surface area contributed by atoms with Gasteiger partial charge in [-0.05, 0) is 42.3 Å². The van der Waals surface area contributed by atoms with Crippen LogP contribution in [-0.2, 0) is 20.4 Å². The highest BCUT2D eigenvalue weighted by Crippen LogP contribution is 2.38. The molecule has 3 aromatic rings. The maximum absolute atomic E-state index is 13.8. The zero-order chi connectivity index (χ0) is 31.1. The van der Waals surface area contributed by atoms with E-state index in [2.05, 4.69) is 32.8 Å². The van der Waals surface area contributed by atoms with Crippen LogP contribution < -0.4 is 10.6 Å². The first kappa shape index (κ1) is 33.6. The number of rotatable bonds is 12. The highest BCUT2D eigenvalue weighted by Gasteiger charge is 2.41. The predicted octanol–water partition coefficient (Wildman–Crippen LogP) is 5.61. The molecule has 0 spiro atoms. The summed E-state index contributed by atoms with van der Waals surface area (Å²) in [5.74, 6) is -0.793. The van der Waals surface area contributed by atoms with Gasteiger partial charge >= 0.3 is 19.9 Å². The number of anilines is 1. The first-order valence-electron chi connectivity index (χ1n) is 12.8. The number of carbonyl (C=O) groups excluding carboxylic acids is 2. The van der Waals surface area contributed by atoms with Crippen molar-refractivity contribution in [1.29, 1.82) is 0 Å². The van der Waals surface area contributed by atoms with E-state index >= 15 is 0 Å². The van der Waals surface area contributed by atoms with Crippen molar-refractivity contribution >= 4 is 60.8 Å². The Morgan fingerprint density at radius 1 is 1.19 bits per heavy atom. The lowest BCUT2D eigenvalue weighted by Crippen LogP contribution is -2.58. The van der Waals surface area contributed by atoms with Crippen molar-refractivity contribution in [3.8, 4) is 0 Å². The number of halogens is 2. The summed E-state index contributed by atoms with van der Waals surface area (Å²) < 4.78 is 35.1. The number of carbonyl (C=O) groups is 2. The fraction of sp³-hybridized carbons (Fsp3) is 0.370. The summed E-state index contributed by atoms with van der Waals surface area (Å²) in [5, 5.41) is 6.16. The van der Waals surface area contributed by atoms with Crippen LogP contribution in [0.1, 0.15) is 25.8 Å². The average molecular weight is 643 g/mol. The number of thiol groups is 1. The van der Waals surface area contributed by atoms with E-state index in [0.717, 1.165) is 10.8 Å². The fourth-order valence-electron chi connectivity index (χ4n) is 4.32. The molecule has 0 aliphatic carbocycles. The average Bonchev–Trinajstić information content (AvgIpc) is 2.94. The van der Waals surface area contributed by atoms with Crippen molar-refractivity contribution in [1.82, 2.24) is 15.2 Å². The fourth-order valence-corrected chi connectivity index (χ4v) is 5.31. The van der Waals surface area contributed by atoms with E-state index < -0.39 is 42.5 Å². The number of nitrogens with zero attached hydrogens (tertiary/aromatic N) is 2. The SMILES string of the molecule is CC(COP(=O)(O)O)C[C@](C)(C(S)COC(=O)Nc1cc2ccccc2cn1)N(C)C(=O)NCc1cccc(F)c1Cl. The van der Waals surface area contributed by atoms with Gasteiger partial charge in [-0.2, -0.15) is 12.6 Å². The number of phosphoric acid groups is 1. The van der Waals surface area contributed by atoms with Crippen LogP contribution in [0, 0.1) is 11.7 Å². The Morgan fingerprint density at radius 2 is 1.88 bits per heavy atom. The molecule has 3 rings (SSSR count). The van der Waals surface area contributed by atoms with Crippen LogP contribution in [0.4, 0.5) is 19.8 Å². The number of urea groups is 1. The molecule has 0 aliphatic heterocycles. The zero-order valence-corrected chi connectivity index (χ0v) is 25.7. The van der Waals surface area contributed by atoms with Gasteiger partial charge < -0.3 is 24.7 Å². The number of hydrogen-bond donors (Lipinski definition) is 5. The minimum Gasteiger partial charge on any atom is -0.448 e. The molecule has 3 amide bonds. The molecule has 0 saturated carbocycles. The molecule has 0 aliphatic rings. The van der Waals surface area contributed by atoms with Gasteiger partial charge in [0.25, 0.3) is 0 Å². The molecule has 0 fully saturated rings. The van der Waals surface area contributed by atoms with Gasteiger partial charge in [-0.25, -0.2) is 23.5 Å². The summed E-state index contributed by atoms with van der Waals surface area (Å²) in [6, 6.07) is 12.9. The Labute approximate surface area is 253 Å². The quantitative estimate of drug-likeness (QED) is 0.126. The molecule has 0 radical (unpaired) electrons. The van der Waals surface area contributed by atoms with Gasteiger partial charge in [0, 0.05) is 25.2 Å². The number of fused-ring (bicyclic) bond motifs is 1. The number of pyridine rings is 1. The van der Waals surface area contributed by atoms with Gasteiger partial charge in [0.15, 0.2) is 0 Å². The van der Waals surface area contributed by atoms with E-state index in [-0.39, 0.29) is 37.0 Å². The lowest BCUT2D eigenvalue weighted by molar-refractivity contribution is 0.0816.